The average Bonchev–Trinajstić information content (AvgIpc) is 2.97. The third-order valence-corrected chi connectivity index (χ3v) is 4.76. The second-order valence-corrected chi connectivity index (χ2v) is 6.82. The van der Waals surface area contributed by atoms with Crippen LogP contribution in [0.3, 0.4) is 0 Å². The molecule has 25 heavy (non-hydrogen) atoms. The normalized spacial score (nSPS) is 21.9. The third-order valence-electron chi connectivity index (χ3n) is 4.76. The minimum atomic E-state index is -0.271. The molecule has 2 saturated heterocycles. The highest BCUT2D eigenvalue weighted by Gasteiger charge is 2.26. The Bertz CT molecular complexity index is 580. The zero-order valence-corrected chi connectivity index (χ0v) is 14.6. The van der Waals surface area contributed by atoms with Crippen molar-refractivity contribution in [2.75, 3.05) is 36.9 Å². The molecule has 0 spiro atoms. The highest BCUT2D eigenvalue weighted by molar-refractivity contribution is 5.92. The molecule has 1 aromatic rings. The van der Waals surface area contributed by atoms with Crippen molar-refractivity contribution in [2.45, 2.75) is 44.6 Å². The number of esters is 1. The molecule has 0 aromatic heterocycles. The molecule has 1 aromatic carbocycles. The van der Waals surface area contributed by atoms with Crippen molar-refractivity contribution in [2.24, 2.45) is 0 Å². The zero-order chi connectivity index (χ0) is 17.5. The van der Waals surface area contributed by atoms with Crippen LogP contribution in [-0.2, 0) is 14.3 Å². The molecule has 0 saturated carbocycles. The number of nitrogens with one attached hydrogen (secondary N) is 2. The number of ether oxygens (including phenoxy) is 1. The summed E-state index contributed by atoms with van der Waals surface area (Å²) in [5, 5.41) is 6.11. The predicted octanol–water partition coefficient (Wildman–Crippen LogP) is 2.62. The molecule has 2 aliphatic rings. The van der Waals surface area contributed by atoms with Gasteiger partial charge in [0, 0.05) is 17.8 Å². The molecular formula is C19H27N3O3. The van der Waals surface area contributed by atoms with Gasteiger partial charge in [-0.3, -0.25) is 9.69 Å². The molecule has 0 bridgehead atoms. The number of nitrogens with zero attached hydrogens (tertiary/aromatic N) is 1. The molecule has 6 nitrogen and oxygen atoms in total. The molecule has 136 valence electrons. The van der Waals surface area contributed by atoms with Gasteiger partial charge in [-0.05, 0) is 50.2 Å². The molecule has 3 rings (SSSR count). The zero-order valence-electron chi connectivity index (χ0n) is 14.6. The van der Waals surface area contributed by atoms with Crippen molar-refractivity contribution >= 4 is 23.3 Å². The van der Waals surface area contributed by atoms with Crippen LogP contribution in [0.5, 0.6) is 0 Å². The number of rotatable bonds is 5. The fourth-order valence-corrected chi connectivity index (χ4v) is 3.35. The molecule has 2 fully saturated rings. The van der Waals surface area contributed by atoms with Crippen LogP contribution in [0.1, 0.15) is 38.5 Å². The Morgan fingerprint density at radius 1 is 1.04 bits per heavy atom. The summed E-state index contributed by atoms with van der Waals surface area (Å²) >= 11 is 0. The van der Waals surface area contributed by atoms with Gasteiger partial charge in [0.05, 0.1) is 13.2 Å². The van der Waals surface area contributed by atoms with Gasteiger partial charge in [0.1, 0.15) is 6.04 Å². The van der Waals surface area contributed by atoms with Crippen molar-refractivity contribution in [3.63, 3.8) is 0 Å². The topological polar surface area (TPSA) is 70.7 Å². The number of carbonyl (C=O) groups is 2. The number of likely N-dealkylation sites (tertiary alicyclic amines) is 1. The molecule has 2 heterocycles. The molecule has 2 aliphatic heterocycles. The lowest BCUT2D eigenvalue weighted by atomic mass is 10.1. The third kappa shape index (κ3) is 5.46. The Hall–Kier alpha value is -2.08. The molecular weight excluding hydrogens is 318 g/mol. The SMILES string of the molecule is O=C(CN1CCCCCCC1)Nc1ccc(N[C@H]2CCOC2=O)cc1. The molecule has 6 heteroatoms. The first-order chi connectivity index (χ1) is 12.2. The number of carbonyl (C=O) groups excluding carboxylic acids is 2. The fraction of sp³-hybridized carbons (Fsp3) is 0.579. The number of hydrogen-bond donors (Lipinski definition) is 2. The molecule has 1 amide bonds. The van der Waals surface area contributed by atoms with E-state index in [9.17, 15) is 9.59 Å². The number of benzene rings is 1. The Balaban J connectivity index is 1.47. The summed E-state index contributed by atoms with van der Waals surface area (Å²) in [4.78, 5) is 26.0. The van der Waals surface area contributed by atoms with Crippen LogP contribution in [0.4, 0.5) is 11.4 Å². The largest absolute Gasteiger partial charge is 0.464 e. The molecule has 0 unspecified atom stereocenters. The average molecular weight is 345 g/mol. The van der Waals surface area contributed by atoms with Gasteiger partial charge in [0.15, 0.2) is 0 Å². The first-order valence-electron chi connectivity index (χ1n) is 9.26. The van der Waals surface area contributed by atoms with Gasteiger partial charge < -0.3 is 15.4 Å². The number of hydrogen-bond acceptors (Lipinski definition) is 5. The van der Waals surface area contributed by atoms with E-state index in [1.165, 1.54) is 32.1 Å². The van der Waals surface area contributed by atoms with Gasteiger partial charge in [0.25, 0.3) is 0 Å². The van der Waals surface area contributed by atoms with Crippen LogP contribution < -0.4 is 10.6 Å². The molecule has 0 aliphatic carbocycles. The summed E-state index contributed by atoms with van der Waals surface area (Å²) in [6, 6.07) is 7.18. The highest BCUT2D eigenvalue weighted by atomic mass is 16.5. The number of amides is 1. The summed E-state index contributed by atoms with van der Waals surface area (Å²) in [5.41, 5.74) is 1.63. The van der Waals surface area contributed by atoms with E-state index in [0.29, 0.717) is 19.6 Å². The first-order valence-corrected chi connectivity index (χ1v) is 9.26. The second-order valence-electron chi connectivity index (χ2n) is 6.82. The smallest absolute Gasteiger partial charge is 0.328 e. The van der Waals surface area contributed by atoms with Gasteiger partial charge in [-0.1, -0.05) is 19.3 Å². The van der Waals surface area contributed by atoms with Gasteiger partial charge in [0.2, 0.25) is 5.91 Å². The van der Waals surface area contributed by atoms with Gasteiger partial charge in [-0.2, -0.15) is 0 Å². The lowest BCUT2D eigenvalue weighted by Crippen LogP contribution is -2.35. The van der Waals surface area contributed by atoms with E-state index in [-0.39, 0.29) is 17.9 Å². The van der Waals surface area contributed by atoms with Crippen LogP contribution >= 0.6 is 0 Å². The minimum Gasteiger partial charge on any atom is -0.464 e. The van der Waals surface area contributed by atoms with Crippen LogP contribution in [-0.4, -0.2) is 49.1 Å². The maximum absolute atomic E-state index is 12.3. The van der Waals surface area contributed by atoms with E-state index in [4.69, 9.17) is 4.74 Å². The quantitative estimate of drug-likeness (QED) is 0.803. The van der Waals surface area contributed by atoms with E-state index in [1.807, 2.05) is 24.3 Å². The first kappa shape index (κ1) is 17.7. The Kier molecular flexibility index (Phi) is 6.28. The standard InChI is InChI=1S/C19H27N3O3/c23-18(14-22-11-4-2-1-3-5-12-22)21-16-8-6-15(7-9-16)20-17-10-13-25-19(17)24/h6-9,17,20H,1-5,10-14H2,(H,21,23)/t17-/m0/s1. The van der Waals surface area contributed by atoms with E-state index in [2.05, 4.69) is 15.5 Å². The van der Waals surface area contributed by atoms with Crippen molar-refractivity contribution < 1.29 is 14.3 Å². The monoisotopic (exact) mass is 345 g/mol. The maximum atomic E-state index is 12.3. The van der Waals surface area contributed by atoms with Crippen LogP contribution in [0.2, 0.25) is 0 Å². The van der Waals surface area contributed by atoms with Crippen LogP contribution in [0, 0.1) is 0 Å². The van der Waals surface area contributed by atoms with E-state index < -0.39 is 0 Å². The van der Waals surface area contributed by atoms with Gasteiger partial charge in [-0.15, -0.1) is 0 Å². The van der Waals surface area contributed by atoms with Crippen molar-refractivity contribution in [1.29, 1.82) is 0 Å². The lowest BCUT2D eigenvalue weighted by molar-refractivity contribution is -0.138. The highest BCUT2D eigenvalue weighted by Crippen LogP contribution is 2.18. The van der Waals surface area contributed by atoms with E-state index >= 15 is 0 Å². The fourth-order valence-electron chi connectivity index (χ4n) is 3.35. The van der Waals surface area contributed by atoms with Crippen molar-refractivity contribution in [3.8, 4) is 0 Å². The van der Waals surface area contributed by atoms with Gasteiger partial charge in [-0.25, -0.2) is 4.79 Å². The summed E-state index contributed by atoms with van der Waals surface area (Å²) < 4.78 is 4.94. The molecule has 0 radical (unpaired) electrons. The van der Waals surface area contributed by atoms with Crippen LogP contribution in [0.15, 0.2) is 24.3 Å². The minimum absolute atomic E-state index is 0.0284. The predicted molar refractivity (Wildman–Crippen MR) is 97.6 cm³/mol. The second kappa shape index (κ2) is 8.85. The Morgan fingerprint density at radius 2 is 1.68 bits per heavy atom. The van der Waals surface area contributed by atoms with Crippen LogP contribution in [0.25, 0.3) is 0 Å². The Morgan fingerprint density at radius 3 is 2.32 bits per heavy atom. The van der Waals surface area contributed by atoms with E-state index in [1.54, 1.807) is 0 Å². The van der Waals surface area contributed by atoms with Crippen molar-refractivity contribution in [1.82, 2.24) is 4.90 Å². The van der Waals surface area contributed by atoms with Crippen molar-refractivity contribution in [3.05, 3.63) is 24.3 Å². The summed E-state index contributed by atoms with van der Waals surface area (Å²) in [5.74, 6) is -0.175. The van der Waals surface area contributed by atoms with Gasteiger partial charge >= 0.3 is 5.97 Å². The maximum Gasteiger partial charge on any atom is 0.328 e. The Labute approximate surface area is 148 Å². The summed E-state index contributed by atoms with van der Waals surface area (Å²) in [7, 11) is 0. The molecule has 1 atom stereocenters. The van der Waals surface area contributed by atoms with E-state index in [0.717, 1.165) is 24.5 Å². The summed E-state index contributed by atoms with van der Waals surface area (Å²) in [6.45, 7) is 2.94. The lowest BCUT2D eigenvalue weighted by Gasteiger charge is -2.23. The summed E-state index contributed by atoms with van der Waals surface area (Å²) in [6.07, 6.45) is 6.89. The number of anilines is 2. The molecule has 2 N–H and O–H groups in total. The number of cyclic esters (lactones) is 1.